The van der Waals surface area contributed by atoms with Crippen LogP contribution in [-0.4, -0.2) is 71.6 Å². The topological polar surface area (TPSA) is 77.5 Å². The summed E-state index contributed by atoms with van der Waals surface area (Å²) in [7, 11) is 1.16. The molecule has 35 heavy (non-hydrogen) atoms. The van der Waals surface area contributed by atoms with Gasteiger partial charge in [0.15, 0.2) is 0 Å². The Bertz CT molecular complexity index is 888. The van der Waals surface area contributed by atoms with Crippen LogP contribution in [0.3, 0.4) is 0 Å². The van der Waals surface area contributed by atoms with Gasteiger partial charge in [0.1, 0.15) is 11.2 Å². The standard InChI is InChI=1S/C26H43BN2O6/c1-23(2,3)32-21(30)28(11)15-16-29(22(31)33-24(4,5)6)18-19-13-12-14-20(17-19)27-34-25(7,8)26(9,10)35-27/h12-14,17H,15-16,18H2,1-11H3. The predicted molar refractivity (Wildman–Crippen MR) is 138 cm³/mol. The van der Waals surface area contributed by atoms with Gasteiger partial charge in [-0.1, -0.05) is 24.3 Å². The van der Waals surface area contributed by atoms with Crippen LogP contribution in [0.25, 0.3) is 0 Å². The molecule has 8 nitrogen and oxygen atoms in total. The second-order valence-corrected chi connectivity index (χ2v) is 12.1. The highest BCUT2D eigenvalue weighted by atomic mass is 16.7. The van der Waals surface area contributed by atoms with Crippen LogP contribution in [0.1, 0.15) is 74.8 Å². The predicted octanol–water partition coefficient (Wildman–Crippen LogP) is 4.59. The average molecular weight is 490 g/mol. The van der Waals surface area contributed by atoms with Crippen LogP contribution < -0.4 is 5.46 Å². The number of amides is 2. The summed E-state index contributed by atoms with van der Waals surface area (Å²) >= 11 is 0. The molecule has 0 aliphatic carbocycles. The highest BCUT2D eigenvalue weighted by Crippen LogP contribution is 2.36. The first-order valence-corrected chi connectivity index (χ1v) is 12.2. The van der Waals surface area contributed by atoms with E-state index in [9.17, 15) is 9.59 Å². The Hall–Kier alpha value is -2.26. The van der Waals surface area contributed by atoms with Gasteiger partial charge in [-0.15, -0.1) is 0 Å². The van der Waals surface area contributed by atoms with E-state index in [2.05, 4.69) is 0 Å². The first kappa shape index (κ1) is 29.0. The summed E-state index contributed by atoms with van der Waals surface area (Å²) in [4.78, 5) is 28.4. The number of likely N-dealkylation sites (N-methyl/N-ethyl adjacent to an activating group) is 1. The average Bonchev–Trinajstić information content (AvgIpc) is 2.89. The van der Waals surface area contributed by atoms with Crippen molar-refractivity contribution in [1.82, 2.24) is 9.80 Å². The van der Waals surface area contributed by atoms with E-state index in [-0.39, 0.29) is 6.54 Å². The van der Waals surface area contributed by atoms with Gasteiger partial charge in [0.05, 0.1) is 11.2 Å². The van der Waals surface area contributed by atoms with E-state index in [1.807, 2.05) is 93.5 Å². The smallest absolute Gasteiger partial charge is 0.444 e. The number of ether oxygens (including phenoxy) is 2. The van der Waals surface area contributed by atoms with Gasteiger partial charge in [-0.05, 0) is 80.3 Å². The lowest BCUT2D eigenvalue weighted by molar-refractivity contribution is 0.00578. The zero-order valence-corrected chi connectivity index (χ0v) is 23.4. The molecular formula is C26H43BN2O6. The third kappa shape index (κ3) is 8.42. The van der Waals surface area contributed by atoms with Crippen LogP contribution in [0.2, 0.25) is 0 Å². The van der Waals surface area contributed by atoms with Gasteiger partial charge < -0.3 is 28.6 Å². The molecule has 0 radical (unpaired) electrons. The second-order valence-electron chi connectivity index (χ2n) is 12.1. The molecule has 2 rings (SSSR count). The third-order valence-electron chi connectivity index (χ3n) is 5.91. The highest BCUT2D eigenvalue weighted by molar-refractivity contribution is 6.62. The fraction of sp³-hybridized carbons (Fsp3) is 0.692. The fourth-order valence-electron chi connectivity index (χ4n) is 3.30. The minimum Gasteiger partial charge on any atom is -0.444 e. The van der Waals surface area contributed by atoms with Crippen LogP contribution in [0.15, 0.2) is 24.3 Å². The number of hydrogen-bond acceptors (Lipinski definition) is 6. The van der Waals surface area contributed by atoms with Crippen molar-refractivity contribution < 1.29 is 28.4 Å². The minimum absolute atomic E-state index is 0.283. The molecule has 0 spiro atoms. The monoisotopic (exact) mass is 490 g/mol. The summed E-state index contributed by atoms with van der Waals surface area (Å²) in [6.07, 6.45) is -0.888. The Morgan fingerprint density at radius 1 is 0.886 bits per heavy atom. The molecule has 0 N–H and O–H groups in total. The number of hydrogen-bond donors (Lipinski definition) is 0. The normalized spacial score (nSPS) is 17.2. The Morgan fingerprint density at radius 2 is 1.40 bits per heavy atom. The molecular weight excluding hydrogens is 447 g/mol. The summed E-state index contributed by atoms with van der Waals surface area (Å²) in [5.41, 5.74) is -0.328. The van der Waals surface area contributed by atoms with E-state index in [1.54, 1.807) is 11.9 Å². The van der Waals surface area contributed by atoms with Crippen molar-refractivity contribution >= 4 is 24.8 Å². The summed E-state index contributed by atoms with van der Waals surface area (Å²) in [6.45, 7) is 19.9. The largest absolute Gasteiger partial charge is 0.494 e. The Labute approximate surface area is 211 Å². The van der Waals surface area contributed by atoms with Gasteiger partial charge in [0.2, 0.25) is 0 Å². The van der Waals surface area contributed by atoms with Crippen LogP contribution in [0.4, 0.5) is 9.59 Å². The molecule has 0 saturated carbocycles. The second kappa shape index (κ2) is 10.4. The molecule has 0 unspecified atom stereocenters. The Kier molecular flexibility index (Phi) is 8.60. The molecule has 2 amide bonds. The third-order valence-corrected chi connectivity index (χ3v) is 5.91. The van der Waals surface area contributed by atoms with Crippen LogP contribution in [0, 0.1) is 0 Å². The molecule has 9 heteroatoms. The molecule has 1 aromatic carbocycles. The first-order valence-electron chi connectivity index (χ1n) is 12.2. The zero-order valence-electron chi connectivity index (χ0n) is 23.4. The lowest BCUT2D eigenvalue weighted by Gasteiger charge is -2.32. The van der Waals surface area contributed by atoms with Gasteiger partial charge in [-0.25, -0.2) is 9.59 Å². The Balaban J connectivity index is 2.17. The molecule has 1 aliphatic heterocycles. The van der Waals surface area contributed by atoms with Crippen LogP contribution >= 0.6 is 0 Å². The molecule has 1 aromatic rings. The van der Waals surface area contributed by atoms with Crippen LogP contribution in [0.5, 0.6) is 0 Å². The van der Waals surface area contributed by atoms with Crippen molar-refractivity contribution in [3.63, 3.8) is 0 Å². The maximum Gasteiger partial charge on any atom is 0.494 e. The summed E-state index contributed by atoms with van der Waals surface area (Å²) in [5, 5.41) is 0. The number of rotatable bonds is 6. The molecule has 0 atom stereocenters. The molecule has 1 heterocycles. The maximum atomic E-state index is 13.0. The number of benzene rings is 1. The van der Waals surface area contributed by atoms with Gasteiger partial charge in [-0.2, -0.15) is 0 Å². The van der Waals surface area contributed by atoms with E-state index < -0.39 is 41.7 Å². The van der Waals surface area contributed by atoms with E-state index in [1.165, 1.54) is 4.90 Å². The fourth-order valence-corrected chi connectivity index (χ4v) is 3.30. The lowest BCUT2D eigenvalue weighted by atomic mass is 9.78. The van der Waals surface area contributed by atoms with Crippen molar-refractivity contribution in [2.45, 2.75) is 98.2 Å². The van der Waals surface area contributed by atoms with E-state index in [0.29, 0.717) is 13.1 Å². The van der Waals surface area contributed by atoms with Crippen LogP contribution in [-0.2, 0) is 25.3 Å². The Morgan fingerprint density at radius 3 is 1.91 bits per heavy atom. The van der Waals surface area contributed by atoms with E-state index in [4.69, 9.17) is 18.8 Å². The van der Waals surface area contributed by atoms with Gasteiger partial charge in [0, 0.05) is 26.7 Å². The minimum atomic E-state index is -0.642. The quantitative estimate of drug-likeness (QED) is 0.543. The number of carbonyl (C=O) groups is 2. The summed E-state index contributed by atoms with van der Waals surface area (Å²) < 4.78 is 23.4. The maximum absolute atomic E-state index is 13.0. The van der Waals surface area contributed by atoms with E-state index >= 15 is 0 Å². The molecule has 0 aromatic heterocycles. The lowest BCUT2D eigenvalue weighted by Crippen LogP contribution is -2.43. The molecule has 1 aliphatic rings. The highest BCUT2D eigenvalue weighted by Gasteiger charge is 2.51. The van der Waals surface area contributed by atoms with Gasteiger partial charge in [-0.3, -0.25) is 0 Å². The van der Waals surface area contributed by atoms with E-state index in [0.717, 1.165) is 11.0 Å². The van der Waals surface area contributed by atoms with Gasteiger partial charge >= 0.3 is 19.3 Å². The number of carbonyl (C=O) groups excluding carboxylic acids is 2. The first-order chi connectivity index (χ1) is 15.8. The van der Waals surface area contributed by atoms with Crippen molar-refractivity contribution in [3.8, 4) is 0 Å². The SMILES string of the molecule is CN(CCN(Cc1cccc(B2OC(C)(C)C(C)(C)O2)c1)C(=O)OC(C)(C)C)C(=O)OC(C)(C)C. The number of nitrogens with zero attached hydrogens (tertiary/aromatic N) is 2. The van der Waals surface area contributed by atoms with Crippen molar-refractivity contribution in [2.24, 2.45) is 0 Å². The molecule has 1 fully saturated rings. The molecule has 1 saturated heterocycles. The van der Waals surface area contributed by atoms with Crippen molar-refractivity contribution in [1.29, 1.82) is 0 Å². The zero-order chi connectivity index (χ0) is 26.8. The molecule has 0 bridgehead atoms. The summed E-state index contributed by atoms with van der Waals surface area (Å²) in [5.74, 6) is 0. The molecule has 196 valence electrons. The van der Waals surface area contributed by atoms with Crippen molar-refractivity contribution in [2.75, 3.05) is 20.1 Å². The van der Waals surface area contributed by atoms with Crippen molar-refractivity contribution in [3.05, 3.63) is 29.8 Å². The summed E-state index contributed by atoms with van der Waals surface area (Å²) in [6, 6.07) is 7.82. The van der Waals surface area contributed by atoms with Gasteiger partial charge in [0.25, 0.3) is 0 Å².